The summed E-state index contributed by atoms with van der Waals surface area (Å²) >= 11 is 6.22. The van der Waals surface area contributed by atoms with Gasteiger partial charge in [0.2, 0.25) is 0 Å². The van der Waals surface area contributed by atoms with Gasteiger partial charge in [-0.1, -0.05) is 0 Å². The monoisotopic (exact) mass is 250 g/mol. The average molecular weight is 251 g/mol. The van der Waals surface area contributed by atoms with Crippen LogP contribution in [-0.2, 0) is 7.05 Å². The Morgan fingerprint density at radius 1 is 1.41 bits per heavy atom. The van der Waals surface area contributed by atoms with Crippen LogP contribution in [0.1, 0.15) is 12.8 Å². The Kier molecular flexibility index (Phi) is 2.67. The highest BCUT2D eigenvalue weighted by molar-refractivity contribution is 6.21. The highest BCUT2D eigenvalue weighted by atomic mass is 35.5. The molecule has 0 amide bonds. The van der Waals surface area contributed by atoms with Gasteiger partial charge < -0.3 is 9.47 Å². The molecule has 3 heterocycles. The molecule has 0 radical (unpaired) electrons. The quantitative estimate of drug-likeness (QED) is 0.728. The second kappa shape index (κ2) is 4.18. The van der Waals surface area contributed by atoms with E-state index in [1.54, 1.807) is 0 Å². The van der Waals surface area contributed by atoms with Crippen molar-refractivity contribution in [2.75, 3.05) is 18.0 Å². The molecule has 1 aliphatic rings. The Morgan fingerprint density at radius 3 is 3.12 bits per heavy atom. The minimum atomic E-state index is 0.226. The van der Waals surface area contributed by atoms with Crippen molar-refractivity contribution in [2.45, 2.75) is 18.2 Å². The first-order valence-electron chi connectivity index (χ1n) is 5.91. The Morgan fingerprint density at radius 2 is 2.29 bits per heavy atom. The molecule has 17 heavy (non-hydrogen) atoms. The van der Waals surface area contributed by atoms with Gasteiger partial charge in [-0.2, -0.15) is 0 Å². The lowest BCUT2D eigenvalue weighted by atomic mass is 10.1. The molecule has 1 aliphatic heterocycles. The number of alkyl halides is 1. The summed E-state index contributed by atoms with van der Waals surface area (Å²) in [7, 11) is 2.00. The van der Waals surface area contributed by atoms with Crippen LogP contribution >= 0.6 is 11.6 Å². The summed E-state index contributed by atoms with van der Waals surface area (Å²) in [5.41, 5.74) is 2.09. The van der Waals surface area contributed by atoms with E-state index in [1.807, 2.05) is 30.2 Å². The van der Waals surface area contributed by atoms with Gasteiger partial charge in [0.15, 0.2) is 5.82 Å². The maximum absolute atomic E-state index is 6.22. The largest absolute Gasteiger partial charge is 0.353 e. The maximum Gasteiger partial charge on any atom is 0.156 e. The van der Waals surface area contributed by atoms with Gasteiger partial charge in [-0.05, 0) is 18.9 Å². The summed E-state index contributed by atoms with van der Waals surface area (Å²) in [6.07, 6.45) is 5.89. The standard InChI is InChI=1S/C12H15ClN4/c1-16-8-15-11-10(16)4-5-14-12(11)17-6-2-3-9(13)7-17/h4-5,8-9H,2-3,6-7H2,1H3. The third-order valence-corrected chi connectivity index (χ3v) is 3.64. The molecule has 2 aromatic rings. The van der Waals surface area contributed by atoms with Gasteiger partial charge in [-0.15, -0.1) is 11.6 Å². The first kappa shape index (κ1) is 10.8. The molecule has 0 N–H and O–H groups in total. The third-order valence-electron chi connectivity index (χ3n) is 3.29. The van der Waals surface area contributed by atoms with Crippen LogP contribution < -0.4 is 4.90 Å². The molecule has 90 valence electrons. The minimum absolute atomic E-state index is 0.226. The topological polar surface area (TPSA) is 34.0 Å². The molecule has 0 aromatic carbocycles. The summed E-state index contributed by atoms with van der Waals surface area (Å²) in [6, 6.07) is 1.99. The Balaban J connectivity index is 2.04. The zero-order valence-corrected chi connectivity index (χ0v) is 10.6. The van der Waals surface area contributed by atoms with Crippen molar-refractivity contribution < 1.29 is 0 Å². The summed E-state index contributed by atoms with van der Waals surface area (Å²) in [6.45, 7) is 1.89. The summed E-state index contributed by atoms with van der Waals surface area (Å²) < 4.78 is 2.02. The number of hydrogen-bond acceptors (Lipinski definition) is 3. The normalized spacial score (nSPS) is 21.1. The van der Waals surface area contributed by atoms with Gasteiger partial charge in [0, 0.05) is 26.3 Å². The van der Waals surface area contributed by atoms with Crippen molar-refractivity contribution in [3.05, 3.63) is 18.6 Å². The van der Waals surface area contributed by atoms with Gasteiger partial charge >= 0.3 is 0 Å². The highest BCUT2D eigenvalue weighted by Gasteiger charge is 2.21. The van der Waals surface area contributed by atoms with E-state index >= 15 is 0 Å². The number of aromatic nitrogens is 3. The zero-order valence-electron chi connectivity index (χ0n) is 9.80. The second-order valence-electron chi connectivity index (χ2n) is 4.54. The fourth-order valence-electron chi connectivity index (χ4n) is 2.40. The van der Waals surface area contributed by atoms with Crippen molar-refractivity contribution >= 4 is 28.5 Å². The number of hydrogen-bond donors (Lipinski definition) is 0. The van der Waals surface area contributed by atoms with Gasteiger partial charge in [-0.3, -0.25) is 0 Å². The number of pyridine rings is 1. The predicted octanol–water partition coefficient (Wildman–Crippen LogP) is 2.18. The lowest BCUT2D eigenvalue weighted by Crippen LogP contribution is -2.36. The molecule has 0 spiro atoms. The van der Waals surface area contributed by atoms with E-state index in [0.29, 0.717) is 0 Å². The smallest absolute Gasteiger partial charge is 0.156 e. The number of fused-ring (bicyclic) bond motifs is 1. The minimum Gasteiger partial charge on any atom is -0.353 e. The van der Waals surface area contributed by atoms with Crippen LogP contribution in [0, 0.1) is 0 Å². The lowest BCUT2D eigenvalue weighted by Gasteiger charge is -2.30. The average Bonchev–Trinajstić information content (AvgIpc) is 2.71. The first-order valence-corrected chi connectivity index (χ1v) is 6.34. The molecular formula is C12H15ClN4. The molecule has 1 fully saturated rings. The van der Waals surface area contributed by atoms with E-state index in [-0.39, 0.29) is 5.38 Å². The highest BCUT2D eigenvalue weighted by Crippen LogP contribution is 2.26. The van der Waals surface area contributed by atoms with E-state index in [1.165, 1.54) is 0 Å². The van der Waals surface area contributed by atoms with Crippen molar-refractivity contribution in [1.29, 1.82) is 0 Å². The van der Waals surface area contributed by atoms with Crippen LogP contribution in [0.3, 0.4) is 0 Å². The Hall–Kier alpha value is -1.29. The number of nitrogens with zero attached hydrogens (tertiary/aromatic N) is 4. The molecule has 2 aromatic heterocycles. The van der Waals surface area contributed by atoms with E-state index < -0.39 is 0 Å². The van der Waals surface area contributed by atoms with Crippen LogP contribution in [0.25, 0.3) is 11.0 Å². The van der Waals surface area contributed by atoms with E-state index in [2.05, 4.69) is 14.9 Å². The summed E-state index contributed by atoms with van der Waals surface area (Å²) in [5.74, 6) is 0.966. The third kappa shape index (κ3) is 1.86. The maximum atomic E-state index is 6.22. The fraction of sp³-hybridized carbons (Fsp3) is 0.500. The van der Waals surface area contributed by atoms with Gasteiger partial charge in [0.05, 0.1) is 17.2 Å². The second-order valence-corrected chi connectivity index (χ2v) is 5.16. The van der Waals surface area contributed by atoms with Crippen molar-refractivity contribution in [3.8, 4) is 0 Å². The number of halogens is 1. The van der Waals surface area contributed by atoms with Crippen LogP contribution in [-0.4, -0.2) is 33.0 Å². The molecule has 5 heteroatoms. The van der Waals surface area contributed by atoms with Crippen LogP contribution in [0.2, 0.25) is 0 Å². The summed E-state index contributed by atoms with van der Waals surface area (Å²) in [5, 5.41) is 0.226. The number of piperidine rings is 1. The van der Waals surface area contributed by atoms with Crippen LogP contribution in [0.5, 0.6) is 0 Å². The van der Waals surface area contributed by atoms with Crippen molar-refractivity contribution in [3.63, 3.8) is 0 Å². The van der Waals surface area contributed by atoms with Crippen LogP contribution in [0.4, 0.5) is 5.82 Å². The van der Waals surface area contributed by atoms with Gasteiger partial charge in [0.25, 0.3) is 0 Å². The van der Waals surface area contributed by atoms with E-state index in [9.17, 15) is 0 Å². The molecule has 0 bridgehead atoms. The zero-order chi connectivity index (χ0) is 11.8. The van der Waals surface area contributed by atoms with Gasteiger partial charge in [0.1, 0.15) is 5.52 Å². The number of rotatable bonds is 1. The summed E-state index contributed by atoms with van der Waals surface area (Å²) in [4.78, 5) is 11.2. The molecule has 1 saturated heterocycles. The number of imidazole rings is 1. The van der Waals surface area contributed by atoms with Gasteiger partial charge in [-0.25, -0.2) is 9.97 Å². The molecule has 1 unspecified atom stereocenters. The number of anilines is 1. The molecular weight excluding hydrogens is 236 g/mol. The van der Waals surface area contributed by atoms with Crippen molar-refractivity contribution in [1.82, 2.24) is 14.5 Å². The van der Waals surface area contributed by atoms with Crippen LogP contribution in [0.15, 0.2) is 18.6 Å². The molecule has 0 aliphatic carbocycles. The number of aryl methyl sites for hydroxylation is 1. The van der Waals surface area contributed by atoms with Crippen molar-refractivity contribution in [2.24, 2.45) is 7.05 Å². The molecule has 1 atom stereocenters. The predicted molar refractivity (Wildman–Crippen MR) is 69.6 cm³/mol. The lowest BCUT2D eigenvalue weighted by molar-refractivity contribution is 0.581. The molecule has 0 saturated carbocycles. The SMILES string of the molecule is Cn1cnc2c(N3CCCC(Cl)C3)nccc21. The Labute approximate surface area is 105 Å². The molecule has 4 nitrogen and oxygen atoms in total. The first-order chi connectivity index (χ1) is 8.25. The van der Waals surface area contributed by atoms with E-state index in [4.69, 9.17) is 11.6 Å². The Bertz CT molecular complexity index is 536. The van der Waals surface area contributed by atoms with E-state index in [0.717, 1.165) is 42.8 Å². The molecule has 3 rings (SSSR count). The fourth-order valence-corrected chi connectivity index (χ4v) is 2.72.